The number of nitrogens with zero attached hydrogens (tertiary/aromatic N) is 3. The molecular weight excluding hydrogens is 499 g/mol. The number of anilines is 1. The predicted octanol–water partition coefficient (Wildman–Crippen LogP) is 4.81. The van der Waals surface area contributed by atoms with Gasteiger partial charge in [0.15, 0.2) is 5.88 Å². The smallest absolute Gasteiger partial charge is 0.309 e. The Morgan fingerprint density at radius 3 is 2.46 bits per heavy atom. The van der Waals surface area contributed by atoms with Crippen LogP contribution in [0.2, 0.25) is 0 Å². The Bertz CT molecular complexity index is 1530. The molecule has 39 heavy (non-hydrogen) atoms. The maximum absolute atomic E-state index is 13.9. The van der Waals surface area contributed by atoms with Gasteiger partial charge in [-0.25, -0.2) is 9.38 Å². The highest BCUT2D eigenvalue weighted by atomic mass is 19.1. The largest absolute Gasteiger partial charge is 0.494 e. The number of methoxy groups -OCH3 is 1. The third kappa shape index (κ3) is 6.50. The van der Waals surface area contributed by atoms with Gasteiger partial charge in [-0.05, 0) is 68.2 Å². The zero-order valence-electron chi connectivity index (χ0n) is 22.4. The number of rotatable bonds is 9. The first-order chi connectivity index (χ1) is 18.7. The molecule has 1 amide bonds. The number of hydrogen-bond acceptors (Lipinski definition) is 6. The van der Waals surface area contributed by atoms with Crippen molar-refractivity contribution in [1.29, 1.82) is 0 Å². The Morgan fingerprint density at radius 1 is 1.03 bits per heavy atom. The van der Waals surface area contributed by atoms with Gasteiger partial charge >= 0.3 is 5.97 Å². The first kappa shape index (κ1) is 27.5. The van der Waals surface area contributed by atoms with E-state index in [1.807, 2.05) is 43.3 Å². The SMILES string of the molecule is COC(=O)Cc1cccc(C(=Nc2ccc(N(C)C(=O)CCN(C)C)cc2)c2c(O)[nH]c3cc(F)ccc23)c1. The van der Waals surface area contributed by atoms with Gasteiger partial charge in [-0.2, -0.15) is 0 Å². The number of amides is 1. The van der Waals surface area contributed by atoms with E-state index in [1.54, 1.807) is 42.3 Å². The summed E-state index contributed by atoms with van der Waals surface area (Å²) in [6.07, 6.45) is 0.474. The summed E-state index contributed by atoms with van der Waals surface area (Å²) in [5.41, 5.74) is 3.93. The molecule has 0 saturated carbocycles. The van der Waals surface area contributed by atoms with E-state index in [0.29, 0.717) is 52.0 Å². The molecule has 4 aromatic rings. The average Bonchev–Trinajstić information content (AvgIpc) is 3.24. The summed E-state index contributed by atoms with van der Waals surface area (Å²) in [5.74, 6) is -0.973. The van der Waals surface area contributed by atoms with Crippen LogP contribution >= 0.6 is 0 Å². The molecule has 0 aliphatic rings. The van der Waals surface area contributed by atoms with Gasteiger partial charge < -0.3 is 24.6 Å². The second kappa shape index (κ2) is 11.9. The maximum Gasteiger partial charge on any atom is 0.309 e. The molecule has 0 aliphatic heterocycles. The Hall–Kier alpha value is -4.50. The number of hydrogen-bond donors (Lipinski definition) is 2. The number of aromatic amines is 1. The molecule has 1 aromatic heterocycles. The first-order valence-corrected chi connectivity index (χ1v) is 12.4. The molecule has 4 rings (SSSR count). The number of nitrogens with one attached hydrogen (secondary N) is 1. The zero-order chi connectivity index (χ0) is 28.1. The lowest BCUT2D eigenvalue weighted by atomic mass is 9.98. The summed E-state index contributed by atoms with van der Waals surface area (Å²) in [7, 11) is 6.91. The lowest BCUT2D eigenvalue weighted by Gasteiger charge is -2.19. The number of benzene rings is 3. The fourth-order valence-corrected chi connectivity index (χ4v) is 4.24. The molecule has 0 fully saturated rings. The van der Waals surface area contributed by atoms with Gasteiger partial charge in [0.05, 0.1) is 36.0 Å². The van der Waals surface area contributed by atoms with Crippen LogP contribution in [0.1, 0.15) is 23.1 Å². The van der Waals surface area contributed by atoms with E-state index in [1.165, 1.54) is 19.2 Å². The predicted molar refractivity (Wildman–Crippen MR) is 150 cm³/mol. The van der Waals surface area contributed by atoms with Crippen LogP contribution in [0.3, 0.4) is 0 Å². The third-order valence-corrected chi connectivity index (χ3v) is 6.38. The van der Waals surface area contributed by atoms with Crippen molar-refractivity contribution < 1.29 is 23.8 Å². The summed E-state index contributed by atoms with van der Waals surface area (Å²) < 4.78 is 18.7. The van der Waals surface area contributed by atoms with Gasteiger partial charge in [0.2, 0.25) is 5.91 Å². The number of aromatic hydroxyl groups is 1. The van der Waals surface area contributed by atoms with Crippen molar-refractivity contribution >= 4 is 39.9 Å². The van der Waals surface area contributed by atoms with E-state index in [9.17, 15) is 19.1 Å². The number of esters is 1. The average molecular weight is 531 g/mol. The number of ether oxygens (including phenoxy) is 1. The molecule has 1 heterocycles. The van der Waals surface area contributed by atoms with E-state index in [4.69, 9.17) is 9.73 Å². The van der Waals surface area contributed by atoms with Crippen LogP contribution in [-0.4, -0.2) is 67.4 Å². The fourth-order valence-electron chi connectivity index (χ4n) is 4.24. The molecule has 8 nitrogen and oxygen atoms in total. The van der Waals surface area contributed by atoms with Gasteiger partial charge in [-0.15, -0.1) is 0 Å². The van der Waals surface area contributed by atoms with Crippen LogP contribution in [-0.2, 0) is 20.7 Å². The topological polar surface area (TPSA) is 98.2 Å². The van der Waals surface area contributed by atoms with Crippen molar-refractivity contribution in [3.05, 3.63) is 89.2 Å². The highest BCUT2D eigenvalue weighted by Crippen LogP contribution is 2.32. The third-order valence-electron chi connectivity index (χ3n) is 6.38. The van der Waals surface area contributed by atoms with Crippen molar-refractivity contribution in [3.63, 3.8) is 0 Å². The molecule has 9 heteroatoms. The van der Waals surface area contributed by atoms with Crippen LogP contribution in [0.15, 0.2) is 71.7 Å². The van der Waals surface area contributed by atoms with Crippen LogP contribution < -0.4 is 4.90 Å². The van der Waals surface area contributed by atoms with Crippen molar-refractivity contribution in [3.8, 4) is 5.88 Å². The molecule has 202 valence electrons. The molecule has 0 spiro atoms. The summed E-state index contributed by atoms with van der Waals surface area (Å²) >= 11 is 0. The van der Waals surface area contributed by atoms with Crippen LogP contribution in [0, 0.1) is 5.82 Å². The van der Waals surface area contributed by atoms with Crippen LogP contribution in [0.4, 0.5) is 15.8 Å². The Balaban J connectivity index is 1.77. The number of aromatic nitrogens is 1. The van der Waals surface area contributed by atoms with Gasteiger partial charge in [-0.1, -0.05) is 18.2 Å². The van der Waals surface area contributed by atoms with E-state index in [2.05, 4.69) is 4.98 Å². The monoisotopic (exact) mass is 530 g/mol. The highest BCUT2D eigenvalue weighted by Gasteiger charge is 2.20. The molecule has 0 saturated heterocycles. The minimum absolute atomic E-state index is 0.000918. The maximum atomic E-state index is 13.9. The Morgan fingerprint density at radius 2 is 1.77 bits per heavy atom. The number of aliphatic imine (C=N–C) groups is 1. The molecule has 0 atom stereocenters. The van der Waals surface area contributed by atoms with E-state index < -0.39 is 5.82 Å². The molecule has 0 bridgehead atoms. The van der Waals surface area contributed by atoms with Gasteiger partial charge in [0.25, 0.3) is 0 Å². The van der Waals surface area contributed by atoms with Gasteiger partial charge in [-0.3, -0.25) is 9.59 Å². The second-order valence-electron chi connectivity index (χ2n) is 9.47. The van der Waals surface area contributed by atoms with Crippen molar-refractivity contribution in [2.24, 2.45) is 4.99 Å². The summed E-state index contributed by atoms with van der Waals surface area (Å²) in [4.78, 5) is 35.7. The van der Waals surface area contributed by atoms with Crippen LogP contribution in [0.5, 0.6) is 5.88 Å². The molecule has 3 aromatic carbocycles. The quantitative estimate of drug-likeness (QED) is 0.239. The number of H-pyrrole nitrogens is 1. The Kier molecular flexibility index (Phi) is 8.41. The minimum atomic E-state index is -0.436. The molecule has 2 N–H and O–H groups in total. The summed E-state index contributed by atoms with van der Waals surface area (Å²) in [6.45, 7) is 0.655. The van der Waals surface area contributed by atoms with E-state index in [0.717, 1.165) is 5.69 Å². The number of carbonyl (C=O) groups excluding carboxylic acids is 2. The van der Waals surface area contributed by atoms with Crippen molar-refractivity contribution in [2.75, 3.05) is 39.7 Å². The lowest BCUT2D eigenvalue weighted by Crippen LogP contribution is -2.29. The standard InChI is InChI=1S/C30H31FN4O4/c1-34(2)15-14-26(36)35(3)23-11-9-22(10-12-23)32-29(20-7-5-6-19(16-20)17-27(37)39-4)28-24-13-8-21(31)18-25(24)33-30(28)38/h5-13,16,18,33,38H,14-15,17H2,1-4H3. The first-order valence-electron chi connectivity index (χ1n) is 12.4. The summed E-state index contributed by atoms with van der Waals surface area (Å²) in [6, 6.07) is 18.6. The van der Waals surface area contributed by atoms with Crippen molar-refractivity contribution in [2.45, 2.75) is 12.8 Å². The number of halogens is 1. The fraction of sp³-hybridized carbons (Fsp3) is 0.233. The highest BCUT2D eigenvalue weighted by molar-refractivity contribution is 6.22. The van der Waals surface area contributed by atoms with Crippen LogP contribution in [0.25, 0.3) is 10.9 Å². The molecule has 0 radical (unpaired) electrons. The van der Waals surface area contributed by atoms with E-state index >= 15 is 0 Å². The van der Waals surface area contributed by atoms with Crippen molar-refractivity contribution in [1.82, 2.24) is 9.88 Å². The Labute approximate surface area is 226 Å². The molecule has 0 aliphatic carbocycles. The number of carbonyl (C=O) groups is 2. The summed E-state index contributed by atoms with van der Waals surface area (Å²) in [5, 5.41) is 11.5. The lowest BCUT2D eigenvalue weighted by molar-refractivity contribution is -0.139. The zero-order valence-corrected chi connectivity index (χ0v) is 22.4. The molecular formula is C30H31FN4O4. The normalized spacial score (nSPS) is 11.7. The second-order valence-corrected chi connectivity index (χ2v) is 9.47. The van der Waals surface area contributed by atoms with Gasteiger partial charge in [0, 0.05) is 36.7 Å². The molecule has 0 unspecified atom stereocenters. The number of fused-ring (bicyclic) bond motifs is 1. The van der Waals surface area contributed by atoms with E-state index in [-0.39, 0.29) is 24.2 Å². The minimum Gasteiger partial charge on any atom is -0.494 e. The van der Waals surface area contributed by atoms with Gasteiger partial charge in [0.1, 0.15) is 5.82 Å².